The first kappa shape index (κ1) is 17.1. The van der Waals surface area contributed by atoms with Crippen LogP contribution in [0, 0.1) is 5.92 Å². The second kappa shape index (κ2) is 10.0. The maximum atomic E-state index is 11.6. The zero-order valence-corrected chi connectivity index (χ0v) is 12.5. The summed E-state index contributed by atoms with van der Waals surface area (Å²) in [5.74, 6) is 0.976. The van der Waals surface area contributed by atoms with Crippen LogP contribution in [0.25, 0.3) is 0 Å². The maximum Gasteiger partial charge on any atom is 0.220 e. The van der Waals surface area contributed by atoms with Crippen LogP contribution in [0.15, 0.2) is 0 Å². The lowest BCUT2D eigenvalue weighted by molar-refractivity contribution is -0.121. The van der Waals surface area contributed by atoms with Crippen LogP contribution in [0.1, 0.15) is 32.6 Å². The van der Waals surface area contributed by atoms with Crippen molar-refractivity contribution in [2.75, 3.05) is 25.9 Å². The Bertz CT molecular complexity index is 211. The van der Waals surface area contributed by atoms with Crippen molar-refractivity contribution in [3.8, 4) is 0 Å². The zero-order valence-electron chi connectivity index (χ0n) is 10.8. The van der Waals surface area contributed by atoms with Gasteiger partial charge in [-0.3, -0.25) is 4.79 Å². The fourth-order valence-corrected chi connectivity index (χ4v) is 2.18. The van der Waals surface area contributed by atoms with Crippen LogP contribution in [0.4, 0.5) is 0 Å². The predicted molar refractivity (Wildman–Crippen MR) is 78.1 cm³/mol. The molecule has 0 aromatic heterocycles. The normalized spacial score (nSPS) is 18.2. The molecule has 0 saturated carbocycles. The van der Waals surface area contributed by atoms with Crippen LogP contribution in [0.3, 0.4) is 0 Å². The first-order valence-corrected chi connectivity index (χ1v) is 7.51. The van der Waals surface area contributed by atoms with E-state index >= 15 is 0 Å². The first-order valence-electron chi connectivity index (χ1n) is 6.22. The lowest BCUT2D eigenvalue weighted by atomic mass is 9.93. The van der Waals surface area contributed by atoms with Gasteiger partial charge < -0.3 is 10.6 Å². The topological polar surface area (TPSA) is 41.1 Å². The Balaban J connectivity index is 0.00000256. The zero-order chi connectivity index (χ0) is 11.8. The summed E-state index contributed by atoms with van der Waals surface area (Å²) in [6.45, 7) is 5.18. The van der Waals surface area contributed by atoms with Gasteiger partial charge in [-0.15, -0.1) is 12.4 Å². The van der Waals surface area contributed by atoms with Crippen molar-refractivity contribution < 1.29 is 4.79 Å². The molecule has 102 valence electrons. The SMILES string of the molecule is CSC(C)CNC(=O)CCC1CCNCC1.Cl. The minimum atomic E-state index is 0. The Morgan fingerprint density at radius 1 is 1.47 bits per heavy atom. The lowest BCUT2D eigenvalue weighted by Crippen LogP contribution is -2.31. The van der Waals surface area contributed by atoms with Crippen LogP contribution in [0.2, 0.25) is 0 Å². The van der Waals surface area contributed by atoms with E-state index in [1.54, 1.807) is 11.8 Å². The largest absolute Gasteiger partial charge is 0.355 e. The van der Waals surface area contributed by atoms with E-state index in [0.29, 0.717) is 11.7 Å². The van der Waals surface area contributed by atoms with Gasteiger partial charge in [-0.2, -0.15) is 11.8 Å². The Hall–Kier alpha value is 0.0700. The summed E-state index contributed by atoms with van der Waals surface area (Å²) in [4.78, 5) is 11.6. The highest BCUT2D eigenvalue weighted by Crippen LogP contribution is 2.17. The molecule has 17 heavy (non-hydrogen) atoms. The molecule has 1 atom stereocenters. The van der Waals surface area contributed by atoms with Gasteiger partial charge in [-0.05, 0) is 44.5 Å². The lowest BCUT2D eigenvalue weighted by Gasteiger charge is -2.22. The number of carbonyl (C=O) groups is 1. The number of halogens is 1. The highest BCUT2D eigenvalue weighted by Gasteiger charge is 2.14. The standard InChI is InChI=1S/C12H24N2OS.ClH/c1-10(16-2)9-14-12(15)4-3-11-5-7-13-8-6-11;/h10-11,13H,3-9H2,1-2H3,(H,14,15);1H. The molecule has 0 spiro atoms. The van der Waals surface area contributed by atoms with Gasteiger partial charge in [0.2, 0.25) is 5.91 Å². The van der Waals surface area contributed by atoms with E-state index < -0.39 is 0 Å². The summed E-state index contributed by atoms with van der Waals surface area (Å²) >= 11 is 1.79. The molecule has 1 aliphatic heterocycles. The Morgan fingerprint density at radius 3 is 2.71 bits per heavy atom. The van der Waals surface area contributed by atoms with Crippen molar-refractivity contribution in [3.05, 3.63) is 0 Å². The third kappa shape index (κ3) is 7.90. The fourth-order valence-electron chi connectivity index (χ4n) is 1.93. The van der Waals surface area contributed by atoms with Crippen LogP contribution < -0.4 is 10.6 Å². The van der Waals surface area contributed by atoms with Crippen molar-refractivity contribution in [1.29, 1.82) is 0 Å². The van der Waals surface area contributed by atoms with Crippen molar-refractivity contribution in [2.45, 2.75) is 37.9 Å². The number of amides is 1. The van der Waals surface area contributed by atoms with Crippen LogP contribution in [-0.4, -0.2) is 37.0 Å². The molecule has 1 rings (SSSR count). The third-order valence-electron chi connectivity index (χ3n) is 3.23. The minimum absolute atomic E-state index is 0. The monoisotopic (exact) mass is 280 g/mol. The van der Waals surface area contributed by atoms with Crippen molar-refractivity contribution in [3.63, 3.8) is 0 Å². The van der Waals surface area contributed by atoms with Gasteiger partial charge in [0.25, 0.3) is 0 Å². The first-order chi connectivity index (χ1) is 7.72. The van der Waals surface area contributed by atoms with Gasteiger partial charge in [0.1, 0.15) is 0 Å². The van der Waals surface area contributed by atoms with E-state index in [4.69, 9.17) is 0 Å². The number of nitrogens with one attached hydrogen (secondary N) is 2. The quantitative estimate of drug-likeness (QED) is 0.783. The second-order valence-electron chi connectivity index (χ2n) is 4.58. The van der Waals surface area contributed by atoms with Crippen molar-refractivity contribution in [2.24, 2.45) is 5.92 Å². The molecule has 1 amide bonds. The fraction of sp³-hybridized carbons (Fsp3) is 0.917. The summed E-state index contributed by atoms with van der Waals surface area (Å²) in [5.41, 5.74) is 0. The number of piperidine rings is 1. The second-order valence-corrected chi connectivity index (χ2v) is 5.86. The molecule has 0 aromatic carbocycles. The highest BCUT2D eigenvalue weighted by molar-refractivity contribution is 7.99. The number of hydrogen-bond donors (Lipinski definition) is 2. The molecule has 1 fully saturated rings. The van der Waals surface area contributed by atoms with E-state index in [1.807, 2.05) is 0 Å². The van der Waals surface area contributed by atoms with Gasteiger partial charge in [0, 0.05) is 18.2 Å². The van der Waals surface area contributed by atoms with Crippen molar-refractivity contribution >= 4 is 30.1 Å². The number of hydrogen-bond acceptors (Lipinski definition) is 3. The molecule has 0 bridgehead atoms. The molecule has 0 radical (unpaired) electrons. The number of rotatable bonds is 6. The smallest absolute Gasteiger partial charge is 0.220 e. The number of carbonyl (C=O) groups excluding carboxylic acids is 1. The molecule has 1 saturated heterocycles. The molecule has 1 aliphatic rings. The van der Waals surface area contributed by atoms with Crippen molar-refractivity contribution in [1.82, 2.24) is 10.6 Å². The van der Waals surface area contributed by atoms with E-state index in [2.05, 4.69) is 23.8 Å². The summed E-state index contributed by atoms with van der Waals surface area (Å²) in [6, 6.07) is 0. The summed E-state index contributed by atoms with van der Waals surface area (Å²) < 4.78 is 0. The molecule has 3 nitrogen and oxygen atoms in total. The summed E-state index contributed by atoms with van der Waals surface area (Å²) in [6.07, 6.45) is 6.29. The number of thioether (sulfide) groups is 1. The van der Waals surface area contributed by atoms with E-state index in [9.17, 15) is 4.79 Å². The molecule has 5 heteroatoms. The third-order valence-corrected chi connectivity index (χ3v) is 4.20. The molecule has 0 aromatic rings. The van der Waals surface area contributed by atoms with E-state index in [1.165, 1.54) is 12.8 Å². The maximum absolute atomic E-state index is 11.6. The Morgan fingerprint density at radius 2 is 2.12 bits per heavy atom. The van der Waals surface area contributed by atoms with Gasteiger partial charge >= 0.3 is 0 Å². The molecule has 1 heterocycles. The molecule has 1 unspecified atom stereocenters. The minimum Gasteiger partial charge on any atom is -0.355 e. The molecular weight excluding hydrogens is 256 g/mol. The van der Waals surface area contributed by atoms with Gasteiger partial charge in [0.15, 0.2) is 0 Å². The Kier molecular flexibility index (Phi) is 10.1. The summed E-state index contributed by atoms with van der Waals surface area (Å²) in [5, 5.41) is 6.86. The predicted octanol–water partition coefficient (Wildman–Crippen LogP) is 2.06. The average Bonchev–Trinajstić information content (AvgIpc) is 2.34. The van der Waals surface area contributed by atoms with Crippen LogP contribution >= 0.6 is 24.2 Å². The Labute approximate surface area is 115 Å². The average molecular weight is 281 g/mol. The van der Waals surface area contributed by atoms with Gasteiger partial charge in [-0.25, -0.2) is 0 Å². The molecule has 0 aliphatic carbocycles. The molecular formula is C12H25ClN2OS. The highest BCUT2D eigenvalue weighted by atomic mass is 35.5. The molecule has 2 N–H and O–H groups in total. The summed E-state index contributed by atoms with van der Waals surface area (Å²) in [7, 11) is 0. The van der Waals surface area contributed by atoms with Gasteiger partial charge in [-0.1, -0.05) is 6.92 Å². The van der Waals surface area contributed by atoms with E-state index in [-0.39, 0.29) is 18.3 Å². The van der Waals surface area contributed by atoms with Gasteiger partial charge in [0.05, 0.1) is 0 Å². The van der Waals surface area contributed by atoms with Crippen LogP contribution in [0.5, 0.6) is 0 Å². The van der Waals surface area contributed by atoms with Crippen LogP contribution in [-0.2, 0) is 4.79 Å². The van der Waals surface area contributed by atoms with E-state index in [0.717, 1.165) is 32.0 Å².